The first-order chi connectivity index (χ1) is 6.60. The molecular formula is C10H20O3Si. The zero-order valence-corrected chi connectivity index (χ0v) is 10.5. The van der Waals surface area contributed by atoms with E-state index in [0.29, 0.717) is 0 Å². The Kier molecular flexibility index (Phi) is 6.74. The molecule has 0 amide bonds. The van der Waals surface area contributed by atoms with Crippen molar-refractivity contribution in [2.75, 3.05) is 21.3 Å². The van der Waals surface area contributed by atoms with Gasteiger partial charge in [0.25, 0.3) is 0 Å². The molecule has 0 rings (SSSR count). The van der Waals surface area contributed by atoms with Crippen molar-refractivity contribution in [3.05, 3.63) is 23.9 Å². The maximum absolute atomic E-state index is 5.23. The average Bonchev–Trinajstić information content (AvgIpc) is 2.19. The molecule has 0 N–H and O–H groups in total. The van der Waals surface area contributed by atoms with Crippen LogP contribution in [0, 0.1) is 0 Å². The van der Waals surface area contributed by atoms with Crippen LogP contribution in [0.2, 0.25) is 0 Å². The highest BCUT2D eigenvalue weighted by molar-refractivity contribution is 6.66. The smallest absolute Gasteiger partial charge is 0.374 e. The molecule has 0 aromatic heterocycles. The summed E-state index contributed by atoms with van der Waals surface area (Å²) in [5.41, 5.74) is 3.07. The van der Waals surface area contributed by atoms with Gasteiger partial charge in [-0.05, 0) is 25.5 Å². The van der Waals surface area contributed by atoms with E-state index in [-0.39, 0.29) is 0 Å². The monoisotopic (exact) mass is 216 g/mol. The Morgan fingerprint density at radius 3 is 2.07 bits per heavy atom. The maximum atomic E-state index is 5.23. The lowest BCUT2D eigenvalue weighted by molar-refractivity contribution is 0.138. The highest BCUT2D eigenvalue weighted by Gasteiger charge is 2.33. The summed E-state index contributed by atoms with van der Waals surface area (Å²) in [6.45, 7) is 5.85. The van der Waals surface area contributed by atoms with Gasteiger partial charge in [0, 0.05) is 21.3 Å². The molecule has 0 aliphatic carbocycles. The minimum Gasteiger partial charge on any atom is -0.374 e. The highest BCUT2D eigenvalue weighted by atomic mass is 28.4. The van der Waals surface area contributed by atoms with Gasteiger partial charge in [-0.1, -0.05) is 11.6 Å². The van der Waals surface area contributed by atoms with Crippen molar-refractivity contribution in [2.45, 2.75) is 19.8 Å². The Morgan fingerprint density at radius 1 is 1.21 bits per heavy atom. The molecule has 0 spiro atoms. The van der Waals surface area contributed by atoms with Gasteiger partial charge < -0.3 is 13.3 Å². The summed E-state index contributed by atoms with van der Waals surface area (Å²) in [6, 6.07) is 0. The normalized spacial score (nSPS) is 12.3. The van der Waals surface area contributed by atoms with E-state index in [9.17, 15) is 0 Å². The zero-order valence-electron chi connectivity index (χ0n) is 9.50. The SMILES string of the molecule is C=C(C)CC/C=C/[Si](OC)(OC)OC. The van der Waals surface area contributed by atoms with Crippen LogP contribution in [0.5, 0.6) is 0 Å². The van der Waals surface area contributed by atoms with Crippen LogP contribution in [0.3, 0.4) is 0 Å². The minimum atomic E-state index is -2.50. The Morgan fingerprint density at radius 2 is 1.71 bits per heavy atom. The topological polar surface area (TPSA) is 27.7 Å². The molecule has 82 valence electrons. The molecule has 14 heavy (non-hydrogen) atoms. The molecule has 0 aromatic rings. The third-order valence-electron chi connectivity index (χ3n) is 1.91. The van der Waals surface area contributed by atoms with Crippen LogP contribution in [-0.4, -0.2) is 30.1 Å². The minimum absolute atomic E-state index is 0.945. The van der Waals surface area contributed by atoms with Crippen molar-refractivity contribution < 1.29 is 13.3 Å². The van der Waals surface area contributed by atoms with Crippen LogP contribution >= 0.6 is 0 Å². The van der Waals surface area contributed by atoms with Gasteiger partial charge in [-0.15, -0.1) is 6.58 Å². The lowest BCUT2D eigenvalue weighted by Crippen LogP contribution is -2.40. The average molecular weight is 216 g/mol. The van der Waals surface area contributed by atoms with Crippen molar-refractivity contribution in [3.8, 4) is 0 Å². The van der Waals surface area contributed by atoms with Gasteiger partial charge in [0.2, 0.25) is 0 Å². The molecule has 0 saturated carbocycles. The van der Waals surface area contributed by atoms with E-state index in [1.54, 1.807) is 21.3 Å². The summed E-state index contributed by atoms with van der Waals surface area (Å²) < 4.78 is 15.7. The molecule has 0 fully saturated rings. The van der Waals surface area contributed by atoms with Gasteiger partial charge in [-0.2, -0.15) is 0 Å². The summed E-state index contributed by atoms with van der Waals surface area (Å²) >= 11 is 0. The fraction of sp³-hybridized carbons (Fsp3) is 0.600. The highest BCUT2D eigenvalue weighted by Crippen LogP contribution is 2.09. The third-order valence-corrected chi connectivity index (χ3v) is 4.26. The summed E-state index contributed by atoms with van der Waals surface area (Å²) in [7, 11) is 2.30. The number of allylic oxidation sites excluding steroid dienone is 2. The summed E-state index contributed by atoms with van der Waals surface area (Å²) in [5.74, 6) is 0. The van der Waals surface area contributed by atoms with E-state index >= 15 is 0 Å². The van der Waals surface area contributed by atoms with E-state index in [1.165, 1.54) is 5.57 Å². The molecular weight excluding hydrogens is 196 g/mol. The molecule has 0 unspecified atom stereocenters. The molecule has 3 nitrogen and oxygen atoms in total. The van der Waals surface area contributed by atoms with Gasteiger partial charge in [0.05, 0.1) is 0 Å². The summed E-state index contributed by atoms with van der Waals surface area (Å²) in [4.78, 5) is 0. The molecule has 0 aliphatic rings. The fourth-order valence-corrected chi connectivity index (χ4v) is 2.38. The molecule has 0 radical (unpaired) electrons. The van der Waals surface area contributed by atoms with Crippen LogP contribution < -0.4 is 0 Å². The zero-order chi connectivity index (χ0) is 11.0. The molecule has 4 heteroatoms. The van der Waals surface area contributed by atoms with Crippen molar-refractivity contribution in [1.82, 2.24) is 0 Å². The first-order valence-corrected chi connectivity index (χ1v) is 6.38. The largest absolute Gasteiger partial charge is 0.528 e. The first kappa shape index (κ1) is 13.6. The molecule has 0 heterocycles. The predicted molar refractivity (Wildman–Crippen MR) is 60.0 cm³/mol. The molecule has 0 saturated heterocycles. The van der Waals surface area contributed by atoms with Crippen molar-refractivity contribution in [1.29, 1.82) is 0 Å². The predicted octanol–water partition coefficient (Wildman–Crippen LogP) is 2.32. The fourth-order valence-electron chi connectivity index (χ4n) is 1.01. The van der Waals surface area contributed by atoms with Crippen molar-refractivity contribution >= 4 is 8.80 Å². The van der Waals surface area contributed by atoms with E-state index in [4.69, 9.17) is 13.3 Å². The third kappa shape index (κ3) is 4.71. The van der Waals surface area contributed by atoms with Gasteiger partial charge in [-0.3, -0.25) is 0 Å². The number of hydrogen-bond acceptors (Lipinski definition) is 3. The molecule has 0 bridgehead atoms. The lowest BCUT2D eigenvalue weighted by Gasteiger charge is -2.20. The second-order valence-corrected chi connectivity index (χ2v) is 5.88. The van der Waals surface area contributed by atoms with Crippen molar-refractivity contribution in [2.24, 2.45) is 0 Å². The number of hydrogen-bond donors (Lipinski definition) is 0. The van der Waals surface area contributed by atoms with Gasteiger partial charge in [0.15, 0.2) is 0 Å². The lowest BCUT2D eigenvalue weighted by atomic mass is 10.2. The Labute approximate surface area is 87.7 Å². The second kappa shape index (κ2) is 6.95. The van der Waals surface area contributed by atoms with Gasteiger partial charge >= 0.3 is 8.80 Å². The van der Waals surface area contributed by atoms with Crippen LogP contribution in [0.1, 0.15) is 19.8 Å². The quantitative estimate of drug-likeness (QED) is 0.483. The van der Waals surface area contributed by atoms with Crippen LogP contribution in [0.25, 0.3) is 0 Å². The summed E-state index contributed by atoms with van der Waals surface area (Å²) in [5, 5.41) is 0. The first-order valence-electron chi connectivity index (χ1n) is 4.57. The van der Waals surface area contributed by atoms with Gasteiger partial charge in [0.1, 0.15) is 0 Å². The van der Waals surface area contributed by atoms with E-state index < -0.39 is 8.80 Å². The summed E-state index contributed by atoms with van der Waals surface area (Å²) in [6.07, 6.45) is 3.95. The molecule has 0 atom stereocenters. The Bertz CT molecular complexity index is 189. The standard InChI is InChI=1S/C10H20O3Si/c1-10(2)8-6-7-9-14(11-3,12-4)13-5/h7,9H,1,6,8H2,2-5H3/b9-7+. The van der Waals surface area contributed by atoms with E-state index in [2.05, 4.69) is 6.58 Å². The van der Waals surface area contributed by atoms with E-state index in [1.807, 2.05) is 18.7 Å². The second-order valence-electron chi connectivity index (χ2n) is 3.11. The molecule has 0 aromatic carbocycles. The maximum Gasteiger partial charge on any atom is 0.528 e. The van der Waals surface area contributed by atoms with Crippen molar-refractivity contribution in [3.63, 3.8) is 0 Å². The van der Waals surface area contributed by atoms with Gasteiger partial charge in [-0.25, -0.2) is 0 Å². The van der Waals surface area contributed by atoms with E-state index in [0.717, 1.165) is 12.8 Å². The molecule has 0 aliphatic heterocycles. The Balaban J connectivity index is 4.08. The van der Waals surface area contributed by atoms with Crippen LogP contribution in [-0.2, 0) is 13.3 Å². The Hall–Kier alpha value is -0.423. The van der Waals surface area contributed by atoms with Crippen LogP contribution in [0.15, 0.2) is 23.9 Å². The number of rotatable bonds is 7. The van der Waals surface area contributed by atoms with Crippen LogP contribution in [0.4, 0.5) is 0 Å².